The summed E-state index contributed by atoms with van der Waals surface area (Å²) in [5, 5.41) is 2.88. The molecule has 6 heteroatoms. The molecule has 1 aromatic carbocycles. The Labute approximate surface area is 125 Å². The Morgan fingerprint density at radius 2 is 2.10 bits per heavy atom. The molecule has 1 aliphatic rings. The van der Waals surface area contributed by atoms with Crippen LogP contribution in [0.4, 0.5) is 5.69 Å². The number of fused-ring (bicyclic) bond motifs is 1. The zero-order chi connectivity index (χ0) is 15.1. The molecular weight excluding hydrogens is 272 g/mol. The number of benzene rings is 1. The molecule has 0 saturated carbocycles. The number of anilines is 1. The molecule has 0 saturated heterocycles. The van der Waals surface area contributed by atoms with Gasteiger partial charge in [0.25, 0.3) is 0 Å². The summed E-state index contributed by atoms with van der Waals surface area (Å²) in [7, 11) is 1.66. The number of amides is 1. The highest BCUT2D eigenvalue weighted by Crippen LogP contribution is 2.32. The van der Waals surface area contributed by atoms with Crippen molar-refractivity contribution in [3.8, 4) is 11.5 Å². The van der Waals surface area contributed by atoms with Gasteiger partial charge >= 0.3 is 0 Å². The van der Waals surface area contributed by atoms with Crippen molar-refractivity contribution in [1.29, 1.82) is 0 Å². The Hall–Kier alpha value is -1.79. The van der Waals surface area contributed by atoms with E-state index in [0.29, 0.717) is 37.8 Å². The van der Waals surface area contributed by atoms with E-state index >= 15 is 0 Å². The van der Waals surface area contributed by atoms with Crippen LogP contribution in [0.2, 0.25) is 0 Å². The van der Waals surface area contributed by atoms with Gasteiger partial charge in [-0.05, 0) is 18.7 Å². The van der Waals surface area contributed by atoms with Crippen LogP contribution in [0.5, 0.6) is 11.5 Å². The summed E-state index contributed by atoms with van der Waals surface area (Å²) in [6.45, 7) is 5.61. The molecule has 1 aromatic rings. The average molecular weight is 294 g/mol. The molecule has 1 aliphatic heterocycles. The fourth-order valence-corrected chi connectivity index (χ4v) is 2.09. The van der Waals surface area contributed by atoms with Gasteiger partial charge in [-0.2, -0.15) is 0 Å². The van der Waals surface area contributed by atoms with Crippen LogP contribution in [0.25, 0.3) is 0 Å². The van der Waals surface area contributed by atoms with E-state index in [0.717, 1.165) is 18.8 Å². The van der Waals surface area contributed by atoms with E-state index in [1.165, 1.54) is 0 Å². The van der Waals surface area contributed by atoms with Crippen LogP contribution in [0.3, 0.4) is 0 Å². The molecule has 0 fully saturated rings. The first-order valence-corrected chi connectivity index (χ1v) is 7.13. The van der Waals surface area contributed by atoms with Crippen LogP contribution in [0, 0.1) is 0 Å². The number of methoxy groups -OCH3 is 1. The first-order chi connectivity index (χ1) is 10.2. The van der Waals surface area contributed by atoms with Gasteiger partial charge in [0.1, 0.15) is 13.2 Å². The molecule has 1 N–H and O–H groups in total. The molecule has 0 unspecified atom stereocenters. The fraction of sp³-hybridized carbons (Fsp3) is 0.533. The largest absolute Gasteiger partial charge is 0.486 e. The third kappa shape index (κ3) is 4.61. The van der Waals surface area contributed by atoms with Crippen LogP contribution in [-0.2, 0) is 9.53 Å². The fourth-order valence-electron chi connectivity index (χ4n) is 2.09. The second-order valence-electron chi connectivity index (χ2n) is 4.77. The second-order valence-corrected chi connectivity index (χ2v) is 4.77. The van der Waals surface area contributed by atoms with Crippen LogP contribution >= 0.6 is 0 Å². The number of nitrogens with one attached hydrogen (secondary N) is 1. The highest BCUT2D eigenvalue weighted by Gasteiger charge is 2.14. The summed E-state index contributed by atoms with van der Waals surface area (Å²) in [6.07, 6.45) is 0. The summed E-state index contributed by atoms with van der Waals surface area (Å²) in [4.78, 5) is 14.1. The monoisotopic (exact) mass is 294 g/mol. The first-order valence-electron chi connectivity index (χ1n) is 7.13. The third-order valence-corrected chi connectivity index (χ3v) is 3.25. The first kappa shape index (κ1) is 15.6. The van der Waals surface area contributed by atoms with E-state index in [4.69, 9.17) is 14.2 Å². The molecule has 2 rings (SSSR count). The molecular formula is C15H22N2O4. The van der Waals surface area contributed by atoms with Gasteiger partial charge < -0.3 is 19.5 Å². The van der Waals surface area contributed by atoms with E-state index in [1.807, 2.05) is 24.0 Å². The zero-order valence-corrected chi connectivity index (χ0v) is 12.6. The van der Waals surface area contributed by atoms with Crippen LogP contribution < -0.4 is 14.8 Å². The minimum absolute atomic E-state index is 0.0513. The van der Waals surface area contributed by atoms with Crippen LogP contribution in [-0.4, -0.2) is 57.4 Å². The zero-order valence-electron chi connectivity index (χ0n) is 12.6. The van der Waals surface area contributed by atoms with Crippen LogP contribution in [0.1, 0.15) is 6.92 Å². The Kier molecular flexibility index (Phi) is 5.83. The molecule has 0 bridgehead atoms. The van der Waals surface area contributed by atoms with Gasteiger partial charge in [0.15, 0.2) is 11.5 Å². The van der Waals surface area contributed by atoms with Gasteiger partial charge in [-0.15, -0.1) is 0 Å². The SMILES string of the molecule is CCN(CCOC)CC(=O)Nc1ccc2c(c1)OCCO2. The molecule has 21 heavy (non-hydrogen) atoms. The maximum atomic E-state index is 12.0. The van der Waals surface area contributed by atoms with Crippen molar-refractivity contribution >= 4 is 11.6 Å². The van der Waals surface area contributed by atoms with Crippen molar-refractivity contribution in [2.24, 2.45) is 0 Å². The molecule has 1 amide bonds. The van der Waals surface area contributed by atoms with Crippen molar-refractivity contribution < 1.29 is 19.0 Å². The summed E-state index contributed by atoms with van der Waals surface area (Å²) in [5.41, 5.74) is 0.715. The lowest BCUT2D eigenvalue weighted by Gasteiger charge is -2.21. The van der Waals surface area contributed by atoms with E-state index in [-0.39, 0.29) is 5.91 Å². The number of carbonyl (C=O) groups excluding carboxylic acids is 1. The molecule has 0 atom stereocenters. The Morgan fingerprint density at radius 3 is 2.81 bits per heavy atom. The van der Waals surface area contributed by atoms with Gasteiger partial charge in [-0.25, -0.2) is 0 Å². The molecule has 6 nitrogen and oxygen atoms in total. The van der Waals surface area contributed by atoms with E-state index in [1.54, 1.807) is 13.2 Å². The second kappa shape index (κ2) is 7.85. The number of hydrogen-bond donors (Lipinski definition) is 1. The Bertz CT molecular complexity index is 479. The number of carbonyl (C=O) groups is 1. The number of nitrogens with zero attached hydrogens (tertiary/aromatic N) is 1. The molecule has 0 radical (unpaired) electrons. The maximum absolute atomic E-state index is 12.0. The number of rotatable bonds is 7. The lowest BCUT2D eigenvalue weighted by atomic mass is 10.2. The highest BCUT2D eigenvalue weighted by atomic mass is 16.6. The van der Waals surface area contributed by atoms with E-state index in [9.17, 15) is 4.79 Å². The molecule has 116 valence electrons. The van der Waals surface area contributed by atoms with E-state index in [2.05, 4.69) is 5.32 Å². The van der Waals surface area contributed by atoms with Crippen molar-refractivity contribution in [3.05, 3.63) is 18.2 Å². The Balaban J connectivity index is 1.90. The summed E-state index contributed by atoms with van der Waals surface area (Å²) < 4.78 is 16.0. The standard InChI is InChI=1S/C15H22N2O4/c1-3-17(6-7-19-2)11-15(18)16-12-4-5-13-14(10-12)21-9-8-20-13/h4-5,10H,3,6-9,11H2,1-2H3,(H,16,18). The topological polar surface area (TPSA) is 60.0 Å². The number of hydrogen-bond acceptors (Lipinski definition) is 5. The Morgan fingerprint density at radius 1 is 1.33 bits per heavy atom. The molecule has 1 heterocycles. The highest BCUT2D eigenvalue weighted by molar-refractivity contribution is 5.92. The predicted molar refractivity (Wildman–Crippen MR) is 80.1 cm³/mol. The minimum Gasteiger partial charge on any atom is -0.486 e. The van der Waals surface area contributed by atoms with Gasteiger partial charge in [0, 0.05) is 25.4 Å². The smallest absolute Gasteiger partial charge is 0.238 e. The van der Waals surface area contributed by atoms with Crippen molar-refractivity contribution in [1.82, 2.24) is 4.90 Å². The quantitative estimate of drug-likeness (QED) is 0.823. The molecule has 0 spiro atoms. The number of ether oxygens (including phenoxy) is 3. The normalized spacial score (nSPS) is 13.3. The van der Waals surface area contributed by atoms with Gasteiger partial charge in [0.05, 0.1) is 13.2 Å². The summed E-state index contributed by atoms with van der Waals surface area (Å²) in [5.74, 6) is 1.34. The van der Waals surface area contributed by atoms with Crippen molar-refractivity contribution in [3.63, 3.8) is 0 Å². The molecule has 0 aliphatic carbocycles. The number of likely N-dealkylation sites (N-methyl/N-ethyl adjacent to an activating group) is 1. The van der Waals surface area contributed by atoms with Crippen molar-refractivity contribution in [2.75, 3.05) is 51.9 Å². The third-order valence-electron chi connectivity index (χ3n) is 3.25. The van der Waals surface area contributed by atoms with E-state index < -0.39 is 0 Å². The van der Waals surface area contributed by atoms with Gasteiger partial charge in [-0.3, -0.25) is 9.69 Å². The van der Waals surface area contributed by atoms with Crippen LogP contribution in [0.15, 0.2) is 18.2 Å². The van der Waals surface area contributed by atoms with Gasteiger partial charge in [0.2, 0.25) is 5.91 Å². The minimum atomic E-state index is -0.0513. The predicted octanol–water partition coefficient (Wildman–Crippen LogP) is 1.36. The van der Waals surface area contributed by atoms with Gasteiger partial charge in [-0.1, -0.05) is 6.92 Å². The lowest BCUT2D eigenvalue weighted by molar-refractivity contribution is -0.117. The maximum Gasteiger partial charge on any atom is 0.238 e. The molecule has 0 aromatic heterocycles. The lowest BCUT2D eigenvalue weighted by Crippen LogP contribution is -2.35. The summed E-state index contributed by atoms with van der Waals surface area (Å²) >= 11 is 0. The summed E-state index contributed by atoms with van der Waals surface area (Å²) in [6, 6.07) is 5.42. The van der Waals surface area contributed by atoms with Crippen molar-refractivity contribution in [2.45, 2.75) is 6.92 Å². The average Bonchev–Trinajstić information content (AvgIpc) is 2.51.